The van der Waals surface area contributed by atoms with E-state index in [1.807, 2.05) is 42.5 Å². The monoisotopic (exact) mass is 302 g/mol. The summed E-state index contributed by atoms with van der Waals surface area (Å²) >= 11 is 1.57. The van der Waals surface area contributed by atoms with Gasteiger partial charge in [-0.3, -0.25) is 4.79 Å². The van der Waals surface area contributed by atoms with Gasteiger partial charge in [0, 0.05) is 30.7 Å². The molecule has 0 saturated carbocycles. The number of anilines is 1. The first-order valence-electron chi connectivity index (χ1n) is 6.81. The SMILES string of the molecule is O=C(CCSc1ccccn1)Nc1ccc(CCO)cc1. The van der Waals surface area contributed by atoms with Crippen molar-refractivity contribution < 1.29 is 9.90 Å². The zero-order chi connectivity index (χ0) is 14.9. The van der Waals surface area contributed by atoms with E-state index < -0.39 is 0 Å². The van der Waals surface area contributed by atoms with Crippen molar-refractivity contribution in [3.63, 3.8) is 0 Å². The molecule has 1 aromatic heterocycles. The van der Waals surface area contributed by atoms with Gasteiger partial charge in [0.1, 0.15) is 0 Å². The van der Waals surface area contributed by atoms with Crippen LogP contribution in [0.4, 0.5) is 5.69 Å². The molecule has 1 amide bonds. The smallest absolute Gasteiger partial charge is 0.225 e. The number of benzene rings is 1. The van der Waals surface area contributed by atoms with Gasteiger partial charge in [-0.1, -0.05) is 18.2 Å². The van der Waals surface area contributed by atoms with E-state index in [1.54, 1.807) is 18.0 Å². The Morgan fingerprint density at radius 1 is 1.19 bits per heavy atom. The summed E-state index contributed by atoms with van der Waals surface area (Å²) in [5.41, 5.74) is 1.84. The maximum absolute atomic E-state index is 11.8. The van der Waals surface area contributed by atoms with Gasteiger partial charge < -0.3 is 10.4 Å². The number of aliphatic hydroxyl groups excluding tert-OH is 1. The van der Waals surface area contributed by atoms with E-state index in [4.69, 9.17) is 5.11 Å². The highest BCUT2D eigenvalue weighted by atomic mass is 32.2. The van der Waals surface area contributed by atoms with Gasteiger partial charge in [0.15, 0.2) is 0 Å². The Kier molecular flexibility index (Phi) is 6.24. The summed E-state index contributed by atoms with van der Waals surface area (Å²) in [5, 5.41) is 12.6. The van der Waals surface area contributed by atoms with E-state index in [9.17, 15) is 4.79 Å². The molecule has 0 bridgehead atoms. The van der Waals surface area contributed by atoms with Crippen LogP contribution in [0, 0.1) is 0 Å². The number of carbonyl (C=O) groups excluding carboxylic acids is 1. The van der Waals surface area contributed by atoms with Gasteiger partial charge in [-0.25, -0.2) is 4.98 Å². The highest BCUT2D eigenvalue weighted by Gasteiger charge is 2.03. The molecule has 0 radical (unpaired) electrons. The van der Waals surface area contributed by atoms with Crippen molar-refractivity contribution in [2.45, 2.75) is 17.9 Å². The van der Waals surface area contributed by atoms with Crippen molar-refractivity contribution in [2.24, 2.45) is 0 Å². The molecule has 0 aliphatic rings. The fraction of sp³-hybridized carbons (Fsp3) is 0.250. The maximum Gasteiger partial charge on any atom is 0.225 e. The molecule has 0 aliphatic heterocycles. The molecule has 0 atom stereocenters. The standard InChI is InChI=1S/C16H18N2O2S/c19-11-8-13-4-6-14(7-5-13)18-15(20)9-12-21-16-3-1-2-10-17-16/h1-7,10,19H,8-9,11-12H2,(H,18,20). The predicted molar refractivity (Wildman–Crippen MR) is 85.4 cm³/mol. The van der Waals surface area contributed by atoms with E-state index in [2.05, 4.69) is 10.3 Å². The Bertz CT molecular complexity index is 558. The Labute approximate surface area is 128 Å². The summed E-state index contributed by atoms with van der Waals surface area (Å²) in [6.45, 7) is 0.135. The van der Waals surface area contributed by atoms with Gasteiger partial charge in [-0.2, -0.15) is 0 Å². The molecule has 4 nitrogen and oxygen atoms in total. The van der Waals surface area contributed by atoms with Crippen LogP contribution in [0.3, 0.4) is 0 Å². The Morgan fingerprint density at radius 2 is 2.00 bits per heavy atom. The second kappa shape index (κ2) is 8.44. The number of nitrogens with zero attached hydrogens (tertiary/aromatic N) is 1. The summed E-state index contributed by atoms with van der Waals surface area (Å²) in [6.07, 6.45) is 2.82. The summed E-state index contributed by atoms with van der Waals surface area (Å²) < 4.78 is 0. The van der Waals surface area contributed by atoms with Crippen LogP contribution >= 0.6 is 11.8 Å². The number of hydrogen-bond donors (Lipinski definition) is 2. The van der Waals surface area contributed by atoms with Crippen molar-refractivity contribution in [3.8, 4) is 0 Å². The third-order valence-corrected chi connectivity index (χ3v) is 3.80. The highest BCUT2D eigenvalue weighted by molar-refractivity contribution is 7.99. The average Bonchev–Trinajstić information content (AvgIpc) is 2.51. The molecule has 1 heterocycles. The largest absolute Gasteiger partial charge is 0.396 e. The van der Waals surface area contributed by atoms with Crippen LogP contribution < -0.4 is 5.32 Å². The second-order valence-electron chi connectivity index (χ2n) is 4.49. The normalized spacial score (nSPS) is 10.3. The fourth-order valence-corrected chi connectivity index (χ4v) is 2.59. The second-order valence-corrected chi connectivity index (χ2v) is 5.60. The summed E-state index contributed by atoms with van der Waals surface area (Å²) in [7, 11) is 0. The number of aliphatic hydroxyl groups is 1. The van der Waals surface area contributed by atoms with E-state index in [0.29, 0.717) is 18.6 Å². The third-order valence-electron chi connectivity index (χ3n) is 2.85. The first-order valence-corrected chi connectivity index (χ1v) is 7.80. The fourth-order valence-electron chi connectivity index (χ4n) is 1.79. The van der Waals surface area contributed by atoms with Crippen LogP contribution in [0.15, 0.2) is 53.7 Å². The van der Waals surface area contributed by atoms with Crippen molar-refractivity contribution >= 4 is 23.4 Å². The topological polar surface area (TPSA) is 62.2 Å². The van der Waals surface area contributed by atoms with Crippen LogP contribution in [-0.2, 0) is 11.2 Å². The van der Waals surface area contributed by atoms with Crippen molar-refractivity contribution in [1.82, 2.24) is 4.98 Å². The molecule has 0 spiro atoms. The maximum atomic E-state index is 11.8. The average molecular weight is 302 g/mol. The number of carbonyl (C=O) groups is 1. The number of amides is 1. The molecule has 21 heavy (non-hydrogen) atoms. The van der Waals surface area contributed by atoms with Gasteiger partial charge in [0.2, 0.25) is 5.91 Å². The van der Waals surface area contributed by atoms with Crippen molar-refractivity contribution in [2.75, 3.05) is 17.7 Å². The van der Waals surface area contributed by atoms with E-state index in [0.717, 1.165) is 16.3 Å². The van der Waals surface area contributed by atoms with E-state index in [1.165, 1.54) is 0 Å². The van der Waals surface area contributed by atoms with Crippen LogP contribution in [0.1, 0.15) is 12.0 Å². The lowest BCUT2D eigenvalue weighted by Crippen LogP contribution is -2.12. The predicted octanol–water partition coefficient (Wildman–Crippen LogP) is 2.74. The third kappa shape index (κ3) is 5.57. The van der Waals surface area contributed by atoms with Gasteiger partial charge in [-0.15, -0.1) is 11.8 Å². The minimum absolute atomic E-state index is 0.00617. The molecule has 0 saturated heterocycles. The van der Waals surface area contributed by atoms with E-state index >= 15 is 0 Å². The molecule has 0 aliphatic carbocycles. The molecule has 0 unspecified atom stereocenters. The summed E-state index contributed by atoms with van der Waals surface area (Å²) in [6, 6.07) is 13.3. The van der Waals surface area contributed by atoms with Crippen LogP contribution in [0.2, 0.25) is 0 Å². The zero-order valence-corrected chi connectivity index (χ0v) is 12.5. The number of thioether (sulfide) groups is 1. The quantitative estimate of drug-likeness (QED) is 0.772. The zero-order valence-electron chi connectivity index (χ0n) is 11.7. The minimum Gasteiger partial charge on any atom is -0.396 e. The number of aromatic nitrogens is 1. The lowest BCUT2D eigenvalue weighted by Gasteiger charge is -2.06. The Hall–Kier alpha value is -1.85. The summed E-state index contributed by atoms with van der Waals surface area (Å²) in [5.74, 6) is 0.694. The molecule has 2 aromatic rings. The molecular formula is C16H18N2O2S. The van der Waals surface area contributed by atoms with Crippen LogP contribution in [0.25, 0.3) is 0 Å². The molecule has 2 rings (SSSR count). The van der Waals surface area contributed by atoms with Gasteiger partial charge in [-0.05, 0) is 36.2 Å². The highest BCUT2D eigenvalue weighted by Crippen LogP contribution is 2.16. The number of rotatable bonds is 7. The molecular weight excluding hydrogens is 284 g/mol. The van der Waals surface area contributed by atoms with Gasteiger partial charge in [0.25, 0.3) is 0 Å². The first kappa shape index (κ1) is 15.5. The van der Waals surface area contributed by atoms with Gasteiger partial charge in [0.05, 0.1) is 5.03 Å². The molecule has 1 aromatic carbocycles. The molecule has 5 heteroatoms. The number of nitrogens with one attached hydrogen (secondary N) is 1. The Balaban J connectivity index is 1.74. The van der Waals surface area contributed by atoms with E-state index in [-0.39, 0.29) is 12.5 Å². The first-order chi connectivity index (χ1) is 10.3. The Morgan fingerprint density at radius 3 is 2.67 bits per heavy atom. The molecule has 110 valence electrons. The lowest BCUT2D eigenvalue weighted by molar-refractivity contribution is -0.115. The number of hydrogen-bond acceptors (Lipinski definition) is 4. The lowest BCUT2D eigenvalue weighted by atomic mass is 10.1. The van der Waals surface area contributed by atoms with Crippen LogP contribution in [0.5, 0.6) is 0 Å². The molecule has 0 fully saturated rings. The minimum atomic E-state index is -0.00617. The van der Waals surface area contributed by atoms with Crippen molar-refractivity contribution in [1.29, 1.82) is 0 Å². The molecule has 2 N–H and O–H groups in total. The summed E-state index contributed by atoms with van der Waals surface area (Å²) in [4.78, 5) is 16.0. The van der Waals surface area contributed by atoms with Crippen LogP contribution in [-0.4, -0.2) is 28.4 Å². The number of pyridine rings is 1. The van der Waals surface area contributed by atoms with Gasteiger partial charge >= 0.3 is 0 Å². The van der Waals surface area contributed by atoms with Crippen molar-refractivity contribution in [3.05, 3.63) is 54.2 Å².